The summed E-state index contributed by atoms with van der Waals surface area (Å²) in [7, 11) is 0. The van der Waals surface area contributed by atoms with Crippen molar-refractivity contribution in [2.24, 2.45) is 16.7 Å². The van der Waals surface area contributed by atoms with Gasteiger partial charge >= 0.3 is 0 Å². The van der Waals surface area contributed by atoms with Gasteiger partial charge in [0.25, 0.3) is 0 Å². The third-order valence-corrected chi connectivity index (χ3v) is 5.19. The van der Waals surface area contributed by atoms with Crippen molar-refractivity contribution >= 4 is 0 Å². The highest BCUT2D eigenvalue weighted by atomic mass is 16.3. The summed E-state index contributed by atoms with van der Waals surface area (Å²) in [6.45, 7) is 18.7. The van der Waals surface area contributed by atoms with E-state index < -0.39 is 0 Å². The molecule has 144 valence electrons. The Bertz CT molecular complexity index is 327. The summed E-state index contributed by atoms with van der Waals surface area (Å²) in [5.41, 5.74) is 0.816. The zero-order valence-electron chi connectivity index (χ0n) is 16.9. The van der Waals surface area contributed by atoms with Gasteiger partial charge in [-0.25, -0.2) is 0 Å². The first-order valence-electron chi connectivity index (χ1n) is 9.86. The Kier molecular flexibility index (Phi) is 9.21. The van der Waals surface area contributed by atoms with Crippen LogP contribution in [-0.2, 0) is 0 Å². The average Bonchev–Trinajstić information content (AvgIpc) is 3.26. The molecule has 2 rings (SSSR count). The molecule has 0 atom stereocenters. The molecule has 4 heteroatoms. The molecule has 1 saturated heterocycles. The summed E-state index contributed by atoms with van der Waals surface area (Å²) < 4.78 is 0. The molecule has 4 nitrogen and oxygen atoms in total. The summed E-state index contributed by atoms with van der Waals surface area (Å²) in [6.07, 6.45) is 4.99. The molecule has 1 heterocycles. The summed E-state index contributed by atoms with van der Waals surface area (Å²) in [5, 5.41) is 17.7. The van der Waals surface area contributed by atoms with E-state index in [1.54, 1.807) is 0 Å². The quantitative estimate of drug-likeness (QED) is 0.747. The number of aliphatic hydroxyl groups is 2. The molecule has 1 saturated carbocycles. The van der Waals surface area contributed by atoms with E-state index in [0.717, 1.165) is 38.6 Å². The van der Waals surface area contributed by atoms with Crippen LogP contribution >= 0.6 is 0 Å². The predicted octanol–water partition coefficient (Wildman–Crippen LogP) is 2.84. The number of hydrogen-bond donors (Lipinski definition) is 2. The number of piperazine rings is 1. The van der Waals surface area contributed by atoms with E-state index in [0.29, 0.717) is 24.0 Å². The first kappa shape index (κ1) is 21.9. The molecule has 0 unspecified atom stereocenters. The highest BCUT2D eigenvalue weighted by molar-refractivity contribution is 4.92. The SMILES string of the molecule is CC(C)(C)CCN1CCN(CCO)CC1.CC(C)CC1(CO)CC1. The molecule has 0 aromatic heterocycles. The highest BCUT2D eigenvalue weighted by Crippen LogP contribution is 2.49. The van der Waals surface area contributed by atoms with E-state index in [4.69, 9.17) is 10.2 Å². The molecule has 0 aromatic carbocycles. The lowest BCUT2D eigenvalue weighted by Crippen LogP contribution is -2.47. The van der Waals surface area contributed by atoms with E-state index in [-0.39, 0.29) is 0 Å². The van der Waals surface area contributed by atoms with Crippen LogP contribution in [0, 0.1) is 16.7 Å². The maximum absolute atomic E-state index is 8.91. The lowest BCUT2D eigenvalue weighted by Gasteiger charge is -2.35. The van der Waals surface area contributed by atoms with E-state index in [1.165, 1.54) is 32.2 Å². The molecule has 2 fully saturated rings. The van der Waals surface area contributed by atoms with E-state index in [9.17, 15) is 0 Å². The maximum atomic E-state index is 8.91. The lowest BCUT2D eigenvalue weighted by atomic mass is 9.92. The van der Waals surface area contributed by atoms with Crippen LogP contribution in [0.4, 0.5) is 0 Å². The Morgan fingerprint density at radius 3 is 1.71 bits per heavy atom. The second-order valence-electron chi connectivity index (χ2n) is 9.47. The Morgan fingerprint density at radius 2 is 1.42 bits per heavy atom. The van der Waals surface area contributed by atoms with Crippen molar-refractivity contribution in [3.63, 3.8) is 0 Å². The van der Waals surface area contributed by atoms with Crippen molar-refractivity contribution in [2.75, 3.05) is 52.5 Å². The number of hydrogen-bond acceptors (Lipinski definition) is 4. The van der Waals surface area contributed by atoms with Crippen LogP contribution in [0.25, 0.3) is 0 Å². The zero-order valence-corrected chi connectivity index (χ0v) is 16.9. The molecule has 1 aliphatic carbocycles. The largest absolute Gasteiger partial charge is 0.396 e. The molecule has 0 radical (unpaired) electrons. The lowest BCUT2D eigenvalue weighted by molar-refractivity contribution is 0.105. The van der Waals surface area contributed by atoms with Crippen molar-refractivity contribution in [2.45, 2.75) is 60.3 Å². The van der Waals surface area contributed by atoms with Gasteiger partial charge < -0.3 is 15.1 Å². The van der Waals surface area contributed by atoms with Crippen molar-refractivity contribution in [3.05, 3.63) is 0 Å². The zero-order chi connectivity index (χ0) is 18.2. The van der Waals surface area contributed by atoms with Gasteiger partial charge in [0.2, 0.25) is 0 Å². The molecule has 0 bridgehead atoms. The standard InChI is InChI=1S/C12H26N2O.C8H16O/c1-12(2,3)4-5-13-6-8-14(9-7-13)10-11-15;1-7(2)5-8(6-9)3-4-8/h15H,4-11H2,1-3H3;7,9H,3-6H2,1-2H3. The van der Waals surface area contributed by atoms with Crippen LogP contribution in [0.1, 0.15) is 60.3 Å². The topological polar surface area (TPSA) is 46.9 Å². The Balaban J connectivity index is 0.000000272. The number of rotatable bonds is 7. The first-order valence-corrected chi connectivity index (χ1v) is 9.86. The van der Waals surface area contributed by atoms with Crippen molar-refractivity contribution < 1.29 is 10.2 Å². The Hall–Kier alpha value is -0.160. The Morgan fingerprint density at radius 1 is 0.917 bits per heavy atom. The highest BCUT2D eigenvalue weighted by Gasteiger charge is 2.41. The Labute approximate surface area is 150 Å². The van der Waals surface area contributed by atoms with Crippen LogP contribution in [0.5, 0.6) is 0 Å². The molecule has 1 aliphatic heterocycles. The van der Waals surface area contributed by atoms with Crippen LogP contribution in [0.2, 0.25) is 0 Å². The number of nitrogens with zero attached hydrogens (tertiary/aromatic N) is 2. The fourth-order valence-corrected chi connectivity index (χ4v) is 3.34. The third-order valence-electron chi connectivity index (χ3n) is 5.19. The summed E-state index contributed by atoms with van der Waals surface area (Å²) >= 11 is 0. The van der Waals surface area contributed by atoms with Gasteiger partial charge in [0.15, 0.2) is 0 Å². The van der Waals surface area contributed by atoms with Gasteiger partial charge in [-0.15, -0.1) is 0 Å². The fourth-order valence-electron chi connectivity index (χ4n) is 3.34. The van der Waals surface area contributed by atoms with Gasteiger partial charge in [-0.1, -0.05) is 34.6 Å². The van der Waals surface area contributed by atoms with Crippen LogP contribution in [0.3, 0.4) is 0 Å². The van der Waals surface area contributed by atoms with Gasteiger partial charge in [0.1, 0.15) is 0 Å². The second kappa shape index (κ2) is 10.1. The first-order chi connectivity index (χ1) is 11.2. The van der Waals surface area contributed by atoms with Crippen molar-refractivity contribution in [1.29, 1.82) is 0 Å². The molecule has 0 spiro atoms. The third kappa shape index (κ3) is 9.36. The minimum Gasteiger partial charge on any atom is -0.396 e. The van der Waals surface area contributed by atoms with E-state index in [2.05, 4.69) is 44.4 Å². The molecular formula is C20H42N2O2. The molecule has 2 aliphatic rings. The van der Waals surface area contributed by atoms with Gasteiger partial charge in [-0.2, -0.15) is 0 Å². The van der Waals surface area contributed by atoms with Crippen LogP contribution in [0.15, 0.2) is 0 Å². The number of aliphatic hydroxyl groups excluding tert-OH is 2. The van der Waals surface area contributed by atoms with Crippen LogP contribution < -0.4 is 0 Å². The van der Waals surface area contributed by atoms with Gasteiger partial charge in [0, 0.05) is 39.3 Å². The molecule has 2 N–H and O–H groups in total. The van der Waals surface area contributed by atoms with E-state index >= 15 is 0 Å². The molecule has 24 heavy (non-hydrogen) atoms. The number of β-amino-alcohol motifs (C(OH)–C–C–N with tert-alkyl or cyclic N) is 1. The summed E-state index contributed by atoms with van der Waals surface area (Å²) in [4.78, 5) is 4.88. The smallest absolute Gasteiger partial charge is 0.0558 e. The molecular weight excluding hydrogens is 300 g/mol. The van der Waals surface area contributed by atoms with Gasteiger partial charge in [-0.3, -0.25) is 4.90 Å². The van der Waals surface area contributed by atoms with Crippen molar-refractivity contribution in [3.8, 4) is 0 Å². The average molecular weight is 343 g/mol. The maximum Gasteiger partial charge on any atom is 0.0558 e. The van der Waals surface area contributed by atoms with Gasteiger partial charge in [-0.05, 0) is 49.0 Å². The van der Waals surface area contributed by atoms with E-state index in [1.807, 2.05) is 0 Å². The molecule has 0 aromatic rings. The second-order valence-corrected chi connectivity index (χ2v) is 9.47. The normalized spacial score (nSPS) is 21.5. The monoisotopic (exact) mass is 342 g/mol. The summed E-state index contributed by atoms with van der Waals surface area (Å²) in [6, 6.07) is 0. The predicted molar refractivity (Wildman–Crippen MR) is 102 cm³/mol. The minimum atomic E-state index is 0.294. The minimum absolute atomic E-state index is 0.294. The van der Waals surface area contributed by atoms with Crippen molar-refractivity contribution in [1.82, 2.24) is 9.80 Å². The fraction of sp³-hybridized carbons (Fsp3) is 1.00. The summed E-state index contributed by atoms with van der Waals surface area (Å²) in [5.74, 6) is 0.750. The van der Waals surface area contributed by atoms with Crippen LogP contribution in [-0.4, -0.2) is 72.5 Å². The van der Waals surface area contributed by atoms with Gasteiger partial charge in [0.05, 0.1) is 6.61 Å². The molecule has 0 amide bonds.